The number of carbonyl (C=O) groups is 1. The number of carbonyl (C=O) groups excluding carboxylic acids is 1. The molecule has 4 N–H and O–H groups in total. The zero-order chi connectivity index (χ0) is 12.9. The molecular formula is C11H24N2O4. The van der Waals surface area contributed by atoms with Gasteiger partial charge in [-0.25, -0.2) is 0 Å². The van der Waals surface area contributed by atoms with Crippen LogP contribution in [-0.2, 0) is 14.3 Å². The fourth-order valence-electron chi connectivity index (χ4n) is 1.16. The lowest BCUT2D eigenvalue weighted by molar-refractivity contribution is -0.125. The molecule has 102 valence electrons. The van der Waals surface area contributed by atoms with E-state index in [1.165, 1.54) is 0 Å². The molecule has 0 heterocycles. The SMILES string of the molecule is CNC(=O)COCCCOCCC(O)CCN. The maximum atomic E-state index is 10.8. The Morgan fingerprint density at radius 1 is 1.29 bits per heavy atom. The third-order valence-corrected chi connectivity index (χ3v) is 2.18. The molecule has 0 aliphatic heterocycles. The Kier molecular flexibility index (Phi) is 11.3. The maximum Gasteiger partial charge on any atom is 0.245 e. The first kappa shape index (κ1) is 16.3. The van der Waals surface area contributed by atoms with Gasteiger partial charge in [0.15, 0.2) is 0 Å². The van der Waals surface area contributed by atoms with Gasteiger partial charge in [-0.15, -0.1) is 0 Å². The van der Waals surface area contributed by atoms with Gasteiger partial charge in [0.05, 0.1) is 6.10 Å². The number of rotatable bonds is 11. The number of aliphatic hydroxyl groups excluding tert-OH is 1. The van der Waals surface area contributed by atoms with E-state index < -0.39 is 0 Å². The number of hydrogen-bond acceptors (Lipinski definition) is 5. The molecule has 0 aliphatic rings. The molecule has 17 heavy (non-hydrogen) atoms. The van der Waals surface area contributed by atoms with Crippen LogP contribution in [0, 0.1) is 0 Å². The van der Waals surface area contributed by atoms with E-state index in [1.807, 2.05) is 0 Å². The zero-order valence-electron chi connectivity index (χ0n) is 10.5. The van der Waals surface area contributed by atoms with Gasteiger partial charge in [-0.2, -0.15) is 0 Å². The minimum Gasteiger partial charge on any atom is -0.393 e. The molecule has 0 aromatic heterocycles. The maximum absolute atomic E-state index is 10.8. The van der Waals surface area contributed by atoms with Crippen molar-refractivity contribution in [2.45, 2.75) is 25.4 Å². The first-order valence-corrected chi connectivity index (χ1v) is 5.95. The summed E-state index contributed by atoms with van der Waals surface area (Å²) in [6, 6.07) is 0. The third kappa shape index (κ3) is 11.6. The molecule has 0 saturated carbocycles. The van der Waals surface area contributed by atoms with Crippen LogP contribution in [0.3, 0.4) is 0 Å². The van der Waals surface area contributed by atoms with Crippen molar-refractivity contribution in [2.24, 2.45) is 5.73 Å². The van der Waals surface area contributed by atoms with Gasteiger partial charge in [0.1, 0.15) is 6.61 Å². The Morgan fingerprint density at radius 3 is 2.65 bits per heavy atom. The molecule has 0 saturated heterocycles. The molecular weight excluding hydrogens is 224 g/mol. The number of nitrogens with two attached hydrogens (primary N) is 1. The molecule has 0 bridgehead atoms. The van der Waals surface area contributed by atoms with E-state index in [1.54, 1.807) is 7.05 Å². The van der Waals surface area contributed by atoms with Crippen LogP contribution in [0.2, 0.25) is 0 Å². The summed E-state index contributed by atoms with van der Waals surface area (Å²) in [6.07, 6.45) is 1.59. The fourth-order valence-corrected chi connectivity index (χ4v) is 1.16. The fraction of sp³-hybridized carbons (Fsp3) is 0.909. The monoisotopic (exact) mass is 248 g/mol. The molecule has 6 nitrogen and oxygen atoms in total. The Hall–Kier alpha value is -0.690. The van der Waals surface area contributed by atoms with E-state index in [2.05, 4.69) is 5.32 Å². The summed E-state index contributed by atoms with van der Waals surface area (Å²) in [7, 11) is 1.57. The van der Waals surface area contributed by atoms with Gasteiger partial charge >= 0.3 is 0 Å². The molecule has 0 rings (SSSR count). The molecule has 1 atom stereocenters. The normalized spacial score (nSPS) is 12.4. The van der Waals surface area contributed by atoms with Gasteiger partial charge in [-0.1, -0.05) is 0 Å². The topological polar surface area (TPSA) is 93.8 Å². The molecule has 0 aromatic rings. The van der Waals surface area contributed by atoms with E-state index in [9.17, 15) is 9.90 Å². The summed E-state index contributed by atoms with van der Waals surface area (Å²) in [4.78, 5) is 10.8. The lowest BCUT2D eigenvalue weighted by Crippen LogP contribution is -2.23. The largest absolute Gasteiger partial charge is 0.393 e. The van der Waals surface area contributed by atoms with Gasteiger partial charge in [0.2, 0.25) is 5.91 Å². The summed E-state index contributed by atoms with van der Waals surface area (Å²) >= 11 is 0. The van der Waals surface area contributed by atoms with Gasteiger partial charge in [0.25, 0.3) is 0 Å². The molecule has 0 aromatic carbocycles. The molecule has 0 spiro atoms. The van der Waals surface area contributed by atoms with Crippen LogP contribution in [0.1, 0.15) is 19.3 Å². The summed E-state index contributed by atoms with van der Waals surface area (Å²) in [5.74, 6) is -0.129. The Bertz CT molecular complexity index is 190. The van der Waals surface area contributed by atoms with Crippen LogP contribution < -0.4 is 11.1 Å². The van der Waals surface area contributed by atoms with Crippen molar-refractivity contribution in [3.8, 4) is 0 Å². The smallest absolute Gasteiger partial charge is 0.245 e. The van der Waals surface area contributed by atoms with Crippen molar-refractivity contribution in [3.05, 3.63) is 0 Å². The molecule has 1 unspecified atom stereocenters. The minimum absolute atomic E-state index is 0.0890. The Morgan fingerprint density at radius 2 is 2.00 bits per heavy atom. The van der Waals surface area contributed by atoms with Crippen molar-refractivity contribution >= 4 is 5.91 Å². The highest BCUT2D eigenvalue weighted by Crippen LogP contribution is 1.97. The second kappa shape index (κ2) is 11.8. The number of likely N-dealkylation sites (N-methyl/N-ethyl adjacent to an activating group) is 1. The third-order valence-electron chi connectivity index (χ3n) is 2.18. The van der Waals surface area contributed by atoms with Gasteiger partial charge < -0.3 is 25.6 Å². The first-order chi connectivity index (χ1) is 8.20. The van der Waals surface area contributed by atoms with E-state index in [0.29, 0.717) is 39.2 Å². The predicted octanol–water partition coefficient (Wildman–Crippen LogP) is -0.744. The van der Waals surface area contributed by atoms with Gasteiger partial charge in [-0.05, 0) is 25.8 Å². The average Bonchev–Trinajstić information content (AvgIpc) is 2.32. The van der Waals surface area contributed by atoms with Crippen LogP contribution in [0.4, 0.5) is 0 Å². The number of ether oxygens (including phenoxy) is 2. The standard InChI is InChI=1S/C11H24N2O4/c1-13-11(15)9-17-7-2-6-16-8-4-10(14)3-5-12/h10,14H,2-9,12H2,1H3,(H,13,15). The highest BCUT2D eigenvalue weighted by molar-refractivity contribution is 5.76. The quantitative estimate of drug-likeness (QED) is 0.419. The van der Waals surface area contributed by atoms with Crippen LogP contribution in [0.15, 0.2) is 0 Å². The van der Waals surface area contributed by atoms with E-state index >= 15 is 0 Å². The predicted molar refractivity (Wildman–Crippen MR) is 64.6 cm³/mol. The number of amides is 1. The van der Waals surface area contributed by atoms with Crippen molar-refractivity contribution in [3.63, 3.8) is 0 Å². The minimum atomic E-state index is -0.371. The van der Waals surface area contributed by atoms with Crippen LogP contribution in [0.25, 0.3) is 0 Å². The average molecular weight is 248 g/mol. The van der Waals surface area contributed by atoms with Crippen LogP contribution >= 0.6 is 0 Å². The summed E-state index contributed by atoms with van der Waals surface area (Å²) < 4.78 is 10.4. The van der Waals surface area contributed by atoms with Gasteiger partial charge in [-0.3, -0.25) is 4.79 Å². The number of nitrogens with one attached hydrogen (secondary N) is 1. The molecule has 0 fully saturated rings. The van der Waals surface area contributed by atoms with Crippen molar-refractivity contribution in [1.29, 1.82) is 0 Å². The Labute approximate surface area is 102 Å². The molecule has 0 aliphatic carbocycles. The molecule has 0 radical (unpaired) electrons. The summed E-state index contributed by atoms with van der Waals surface area (Å²) in [5.41, 5.74) is 5.30. The van der Waals surface area contributed by atoms with Crippen molar-refractivity contribution in [2.75, 3.05) is 40.0 Å². The van der Waals surface area contributed by atoms with Crippen molar-refractivity contribution < 1.29 is 19.4 Å². The zero-order valence-corrected chi connectivity index (χ0v) is 10.5. The Balaban J connectivity index is 3.11. The second-order valence-electron chi connectivity index (χ2n) is 3.71. The van der Waals surface area contributed by atoms with E-state index in [4.69, 9.17) is 15.2 Å². The van der Waals surface area contributed by atoms with Gasteiger partial charge in [0, 0.05) is 26.9 Å². The molecule has 6 heteroatoms. The summed E-state index contributed by atoms with van der Waals surface area (Å²) in [6.45, 7) is 2.18. The second-order valence-corrected chi connectivity index (χ2v) is 3.71. The highest BCUT2D eigenvalue weighted by atomic mass is 16.5. The summed E-state index contributed by atoms with van der Waals surface area (Å²) in [5, 5.41) is 11.8. The lowest BCUT2D eigenvalue weighted by atomic mass is 10.2. The van der Waals surface area contributed by atoms with Crippen molar-refractivity contribution in [1.82, 2.24) is 5.32 Å². The van der Waals surface area contributed by atoms with E-state index in [-0.39, 0.29) is 18.6 Å². The number of hydrogen-bond donors (Lipinski definition) is 3. The highest BCUT2D eigenvalue weighted by Gasteiger charge is 2.02. The number of aliphatic hydroxyl groups is 1. The van der Waals surface area contributed by atoms with Crippen LogP contribution in [-0.4, -0.2) is 57.1 Å². The molecule has 1 amide bonds. The van der Waals surface area contributed by atoms with E-state index in [0.717, 1.165) is 6.42 Å². The van der Waals surface area contributed by atoms with Crippen LogP contribution in [0.5, 0.6) is 0 Å². The lowest BCUT2D eigenvalue weighted by Gasteiger charge is -2.09. The first-order valence-electron chi connectivity index (χ1n) is 5.95.